The molecule has 1 aliphatic rings. The van der Waals surface area contributed by atoms with E-state index in [9.17, 15) is 9.59 Å². The molecule has 1 aliphatic heterocycles. The van der Waals surface area contributed by atoms with Gasteiger partial charge in [0, 0.05) is 24.5 Å². The number of nitrogens with one attached hydrogen (secondary N) is 1. The predicted molar refractivity (Wildman–Crippen MR) is 118 cm³/mol. The molecule has 0 bridgehead atoms. The fraction of sp³-hybridized carbons (Fsp3) is 0.409. The minimum Gasteiger partial charge on any atom is -0.494 e. The standard InChI is InChI=1S/C22H27ClN4O3/c1-15-12-18(7-8-19(15)23)30-11-3-5-21(28)26-17-6-9-20(25-13-17)27-10-2-4-16(14-27)22(24)29/h6-9,12-13,16H,2-5,10-11,14H2,1H3,(H2,24,29)(H,26,28). The van der Waals surface area contributed by atoms with Crippen LogP contribution >= 0.6 is 11.6 Å². The second kappa shape index (κ2) is 10.3. The Labute approximate surface area is 181 Å². The molecule has 1 atom stereocenters. The lowest BCUT2D eigenvalue weighted by Gasteiger charge is -2.32. The molecule has 1 aromatic heterocycles. The summed E-state index contributed by atoms with van der Waals surface area (Å²) in [7, 11) is 0. The number of amides is 2. The van der Waals surface area contributed by atoms with Crippen molar-refractivity contribution in [2.24, 2.45) is 11.7 Å². The van der Waals surface area contributed by atoms with Crippen molar-refractivity contribution in [1.82, 2.24) is 4.98 Å². The third kappa shape index (κ3) is 6.10. The zero-order valence-corrected chi connectivity index (χ0v) is 17.8. The molecule has 0 saturated carbocycles. The van der Waals surface area contributed by atoms with Crippen molar-refractivity contribution in [2.75, 3.05) is 29.9 Å². The van der Waals surface area contributed by atoms with Gasteiger partial charge in [-0.2, -0.15) is 0 Å². The van der Waals surface area contributed by atoms with Crippen LogP contribution in [0.15, 0.2) is 36.5 Å². The van der Waals surface area contributed by atoms with Gasteiger partial charge in [-0.15, -0.1) is 0 Å². The first-order chi connectivity index (χ1) is 14.4. The van der Waals surface area contributed by atoms with E-state index in [4.69, 9.17) is 22.1 Å². The van der Waals surface area contributed by atoms with Crippen LogP contribution in [0, 0.1) is 12.8 Å². The summed E-state index contributed by atoms with van der Waals surface area (Å²) in [6.45, 7) is 3.79. The van der Waals surface area contributed by atoms with E-state index in [1.807, 2.05) is 31.2 Å². The normalized spacial score (nSPS) is 16.2. The molecule has 1 fully saturated rings. The number of carbonyl (C=O) groups is 2. The van der Waals surface area contributed by atoms with Gasteiger partial charge < -0.3 is 20.7 Å². The Morgan fingerprint density at radius 2 is 2.17 bits per heavy atom. The maximum atomic E-state index is 12.2. The Morgan fingerprint density at radius 3 is 2.87 bits per heavy atom. The molecule has 160 valence electrons. The van der Waals surface area contributed by atoms with Crippen molar-refractivity contribution in [3.8, 4) is 5.75 Å². The number of aromatic nitrogens is 1. The van der Waals surface area contributed by atoms with E-state index < -0.39 is 0 Å². The number of rotatable bonds is 8. The molecular formula is C22H27ClN4O3. The predicted octanol–water partition coefficient (Wildman–Crippen LogP) is 3.54. The van der Waals surface area contributed by atoms with Crippen LogP contribution in [-0.4, -0.2) is 36.5 Å². The minimum atomic E-state index is -0.265. The number of hydrogen-bond donors (Lipinski definition) is 2. The molecule has 1 aromatic carbocycles. The van der Waals surface area contributed by atoms with Gasteiger partial charge in [0.2, 0.25) is 11.8 Å². The molecule has 0 radical (unpaired) electrons. The number of nitrogens with two attached hydrogens (primary N) is 1. The fourth-order valence-electron chi connectivity index (χ4n) is 3.42. The van der Waals surface area contributed by atoms with Gasteiger partial charge in [-0.1, -0.05) is 11.6 Å². The van der Waals surface area contributed by atoms with Gasteiger partial charge in [-0.25, -0.2) is 4.98 Å². The van der Waals surface area contributed by atoms with E-state index >= 15 is 0 Å². The number of pyridine rings is 1. The number of halogens is 1. The molecule has 7 nitrogen and oxygen atoms in total. The topological polar surface area (TPSA) is 97.5 Å². The molecular weight excluding hydrogens is 404 g/mol. The van der Waals surface area contributed by atoms with Crippen LogP contribution in [0.2, 0.25) is 5.02 Å². The molecule has 1 unspecified atom stereocenters. The van der Waals surface area contributed by atoms with Crippen LogP contribution in [0.4, 0.5) is 11.5 Å². The molecule has 1 saturated heterocycles. The molecule has 2 aromatic rings. The number of benzene rings is 1. The maximum absolute atomic E-state index is 12.2. The number of primary amides is 1. The van der Waals surface area contributed by atoms with Crippen molar-refractivity contribution in [3.05, 3.63) is 47.1 Å². The average molecular weight is 431 g/mol. The molecule has 30 heavy (non-hydrogen) atoms. The summed E-state index contributed by atoms with van der Waals surface area (Å²) >= 11 is 6.00. The van der Waals surface area contributed by atoms with Crippen LogP contribution in [0.1, 0.15) is 31.2 Å². The molecule has 3 rings (SSSR count). The third-order valence-corrected chi connectivity index (χ3v) is 5.55. The van der Waals surface area contributed by atoms with Gasteiger partial charge in [0.15, 0.2) is 0 Å². The Kier molecular flexibility index (Phi) is 7.52. The highest BCUT2D eigenvalue weighted by molar-refractivity contribution is 6.31. The Hall–Kier alpha value is -2.80. The highest BCUT2D eigenvalue weighted by Gasteiger charge is 2.24. The Balaban J connectivity index is 1.42. The van der Waals surface area contributed by atoms with Crippen LogP contribution in [0.3, 0.4) is 0 Å². The molecule has 0 spiro atoms. The summed E-state index contributed by atoms with van der Waals surface area (Å²) in [5.74, 6) is 1.03. The van der Waals surface area contributed by atoms with E-state index in [-0.39, 0.29) is 17.7 Å². The van der Waals surface area contributed by atoms with Gasteiger partial charge >= 0.3 is 0 Å². The zero-order valence-electron chi connectivity index (χ0n) is 17.1. The summed E-state index contributed by atoms with van der Waals surface area (Å²) in [4.78, 5) is 30.1. The van der Waals surface area contributed by atoms with Crippen LogP contribution in [0.25, 0.3) is 0 Å². The van der Waals surface area contributed by atoms with Crippen LogP contribution in [-0.2, 0) is 9.59 Å². The molecule has 3 N–H and O–H groups in total. The summed E-state index contributed by atoms with van der Waals surface area (Å²) < 4.78 is 5.66. The molecule has 2 heterocycles. The second-order valence-electron chi connectivity index (χ2n) is 7.50. The number of hydrogen-bond acceptors (Lipinski definition) is 5. The number of carbonyl (C=O) groups excluding carboxylic acids is 2. The van der Waals surface area contributed by atoms with Gasteiger partial charge in [0.1, 0.15) is 11.6 Å². The summed E-state index contributed by atoms with van der Waals surface area (Å²) in [6, 6.07) is 9.17. The lowest BCUT2D eigenvalue weighted by Crippen LogP contribution is -2.41. The molecule has 0 aliphatic carbocycles. The van der Waals surface area contributed by atoms with Crippen LogP contribution < -0.4 is 20.7 Å². The Bertz CT molecular complexity index is 888. The van der Waals surface area contributed by atoms with E-state index in [1.54, 1.807) is 12.3 Å². The monoisotopic (exact) mass is 430 g/mol. The van der Waals surface area contributed by atoms with Crippen LogP contribution in [0.5, 0.6) is 5.75 Å². The SMILES string of the molecule is Cc1cc(OCCCC(=O)Nc2ccc(N3CCCC(C(N)=O)C3)nc2)ccc1Cl. The molecule has 8 heteroatoms. The number of nitrogens with zero attached hydrogens (tertiary/aromatic N) is 2. The summed E-state index contributed by atoms with van der Waals surface area (Å²) in [6.07, 6.45) is 4.31. The zero-order chi connectivity index (χ0) is 21.5. The lowest BCUT2D eigenvalue weighted by molar-refractivity contribution is -0.122. The Morgan fingerprint density at radius 1 is 1.33 bits per heavy atom. The van der Waals surface area contributed by atoms with Crippen molar-refractivity contribution in [1.29, 1.82) is 0 Å². The quantitative estimate of drug-likeness (QED) is 0.624. The first kappa shape index (κ1) is 21.9. The van der Waals surface area contributed by atoms with Crippen molar-refractivity contribution in [2.45, 2.75) is 32.6 Å². The average Bonchev–Trinajstić information content (AvgIpc) is 2.74. The van der Waals surface area contributed by atoms with Gasteiger partial charge in [0.25, 0.3) is 0 Å². The summed E-state index contributed by atoms with van der Waals surface area (Å²) in [5, 5.41) is 3.55. The maximum Gasteiger partial charge on any atom is 0.224 e. The van der Waals surface area contributed by atoms with Gasteiger partial charge in [-0.3, -0.25) is 9.59 Å². The van der Waals surface area contributed by atoms with Gasteiger partial charge in [-0.05, 0) is 62.1 Å². The number of anilines is 2. The highest BCUT2D eigenvalue weighted by Crippen LogP contribution is 2.23. The number of ether oxygens (including phenoxy) is 1. The first-order valence-electron chi connectivity index (χ1n) is 10.1. The number of aryl methyl sites for hydroxylation is 1. The number of piperidine rings is 1. The van der Waals surface area contributed by atoms with E-state index in [0.29, 0.717) is 36.7 Å². The van der Waals surface area contributed by atoms with E-state index in [2.05, 4.69) is 15.2 Å². The summed E-state index contributed by atoms with van der Waals surface area (Å²) in [5.41, 5.74) is 7.03. The van der Waals surface area contributed by atoms with E-state index in [0.717, 1.165) is 36.5 Å². The molecule has 2 amide bonds. The highest BCUT2D eigenvalue weighted by atomic mass is 35.5. The van der Waals surface area contributed by atoms with E-state index in [1.165, 1.54) is 0 Å². The van der Waals surface area contributed by atoms with Crippen molar-refractivity contribution >= 4 is 34.9 Å². The smallest absolute Gasteiger partial charge is 0.224 e. The van der Waals surface area contributed by atoms with Crippen molar-refractivity contribution < 1.29 is 14.3 Å². The first-order valence-corrected chi connectivity index (χ1v) is 10.5. The minimum absolute atomic E-state index is 0.0906. The van der Waals surface area contributed by atoms with Gasteiger partial charge in [0.05, 0.1) is 24.4 Å². The fourth-order valence-corrected chi connectivity index (χ4v) is 3.54. The second-order valence-corrected chi connectivity index (χ2v) is 7.91. The lowest BCUT2D eigenvalue weighted by atomic mass is 9.97. The van der Waals surface area contributed by atoms with Crippen molar-refractivity contribution in [3.63, 3.8) is 0 Å². The third-order valence-electron chi connectivity index (χ3n) is 5.13. The largest absolute Gasteiger partial charge is 0.494 e.